The van der Waals surface area contributed by atoms with E-state index < -0.39 is 0 Å². The minimum atomic E-state index is -0.204. The molecule has 0 saturated carbocycles. The molecule has 0 aromatic heterocycles. The van der Waals surface area contributed by atoms with E-state index in [1.54, 1.807) is 12.1 Å². The molecule has 0 aliphatic carbocycles. The quantitative estimate of drug-likeness (QED) is 0.852. The van der Waals surface area contributed by atoms with Crippen LogP contribution >= 0.6 is 0 Å². The molecule has 6 nitrogen and oxygen atoms in total. The standard InChI is InChI=1S/C21H25N3O3/c1-15-6-7-18(13-20(15)22-16(2)25)21(26)23-19-5-3-4-17(12-19)14-24-8-10-27-11-9-24/h3-7,12-13H,8-11,14H2,1-2H3,(H,22,25)(H,23,26). The highest BCUT2D eigenvalue weighted by Crippen LogP contribution is 2.19. The van der Waals surface area contributed by atoms with Crippen LogP contribution in [0.1, 0.15) is 28.4 Å². The number of rotatable bonds is 5. The summed E-state index contributed by atoms with van der Waals surface area (Å²) in [6.45, 7) is 7.55. The summed E-state index contributed by atoms with van der Waals surface area (Å²) in [6.07, 6.45) is 0. The summed E-state index contributed by atoms with van der Waals surface area (Å²) in [7, 11) is 0. The van der Waals surface area contributed by atoms with Crippen molar-refractivity contribution in [3.05, 3.63) is 59.2 Å². The average Bonchev–Trinajstić information content (AvgIpc) is 2.64. The van der Waals surface area contributed by atoms with E-state index >= 15 is 0 Å². The summed E-state index contributed by atoms with van der Waals surface area (Å²) in [4.78, 5) is 26.3. The van der Waals surface area contributed by atoms with Crippen molar-refractivity contribution < 1.29 is 14.3 Å². The fraction of sp³-hybridized carbons (Fsp3) is 0.333. The number of anilines is 2. The van der Waals surface area contributed by atoms with Crippen LogP contribution in [0.4, 0.5) is 11.4 Å². The van der Waals surface area contributed by atoms with Crippen LogP contribution in [0.25, 0.3) is 0 Å². The maximum absolute atomic E-state index is 12.6. The van der Waals surface area contributed by atoms with Gasteiger partial charge in [0, 0.05) is 43.5 Å². The normalized spacial score (nSPS) is 14.6. The first-order valence-electron chi connectivity index (χ1n) is 9.10. The van der Waals surface area contributed by atoms with E-state index in [-0.39, 0.29) is 11.8 Å². The fourth-order valence-electron chi connectivity index (χ4n) is 3.06. The van der Waals surface area contributed by atoms with Crippen LogP contribution in [0, 0.1) is 6.92 Å². The largest absolute Gasteiger partial charge is 0.379 e. The van der Waals surface area contributed by atoms with Gasteiger partial charge in [-0.3, -0.25) is 14.5 Å². The minimum Gasteiger partial charge on any atom is -0.379 e. The van der Waals surface area contributed by atoms with Crippen LogP contribution in [-0.2, 0) is 16.1 Å². The summed E-state index contributed by atoms with van der Waals surface area (Å²) < 4.78 is 5.38. The van der Waals surface area contributed by atoms with Crippen molar-refractivity contribution in [1.29, 1.82) is 0 Å². The third-order valence-electron chi connectivity index (χ3n) is 4.51. The molecule has 1 saturated heterocycles. The number of aryl methyl sites for hydroxylation is 1. The highest BCUT2D eigenvalue weighted by molar-refractivity contribution is 6.05. The Kier molecular flexibility index (Phi) is 6.21. The molecule has 2 N–H and O–H groups in total. The first-order valence-corrected chi connectivity index (χ1v) is 9.10. The van der Waals surface area contributed by atoms with Gasteiger partial charge in [0.2, 0.25) is 5.91 Å². The molecule has 2 amide bonds. The van der Waals surface area contributed by atoms with Gasteiger partial charge in [0.15, 0.2) is 0 Å². The Morgan fingerprint density at radius 2 is 1.85 bits per heavy atom. The smallest absolute Gasteiger partial charge is 0.255 e. The molecular weight excluding hydrogens is 342 g/mol. The predicted molar refractivity (Wildman–Crippen MR) is 106 cm³/mol. The van der Waals surface area contributed by atoms with Crippen molar-refractivity contribution in [2.45, 2.75) is 20.4 Å². The van der Waals surface area contributed by atoms with Crippen LogP contribution in [0.5, 0.6) is 0 Å². The molecule has 2 aromatic carbocycles. The number of amides is 2. The van der Waals surface area contributed by atoms with E-state index in [1.807, 2.05) is 31.2 Å². The zero-order valence-corrected chi connectivity index (χ0v) is 15.7. The number of ether oxygens (including phenoxy) is 1. The monoisotopic (exact) mass is 367 g/mol. The lowest BCUT2D eigenvalue weighted by Crippen LogP contribution is -2.35. The maximum atomic E-state index is 12.6. The van der Waals surface area contributed by atoms with Crippen LogP contribution in [0.3, 0.4) is 0 Å². The molecule has 1 heterocycles. The topological polar surface area (TPSA) is 70.7 Å². The van der Waals surface area contributed by atoms with Crippen molar-refractivity contribution in [3.63, 3.8) is 0 Å². The molecule has 0 atom stereocenters. The number of hydrogen-bond donors (Lipinski definition) is 2. The zero-order valence-electron chi connectivity index (χ0n) is 15.7. The highest BCUT2D eigenvalue weighted by Gasteiger charge is 2.12. The van der Waals surface area contributed by atoms with Gasteiger partial charge in [0.1, 0.15) is 0 Å². The summed E-state index contributed by atoms with van der Waals surface area (Å²) in [5, 5.41) is 5.69. The number of benzene rings is 2. The van der Waals surface area contributed by atoms with E-state index in [1.165, 1.54) is 6.92 Å². The predicted octanol–water partition coefficient (Wildman–Crippen LogP) is 3.04. The van der Waals surface area contributed by atoms with Crippen LogP contribution < -0.4 is 10.6 Å². The Balaban J connectivity index is 1.68. The van der Waals surface area contributed by atoms with Gasteiger partial charge in [0.25, 0.3) is 5.91 Å². The lowest BCUT2D eigenvalue weighted by atomic mass is 10.1. The number of carbonyl (C=O) groups is 2. The molecule has 0 bridgehead atoms. The third kappa shape index (κ3) is 5.39. The molecule has 1 fully saturated rings. The molecule has 27 heavy (non-hydrogen) atoms. The number of nitrogens with one attached hydrogen (secondary N) is 2. The van der Waals surface area contributed by atoms with Gasteiger partial charge in [0.05, 0.1) is 13.2 Å². The van der Waals surface area contributed by atoms with E-state index in [9.17, 15) is 9.59 Å². The van der Waals surface area contributed by atoms with Crippen molar-refractivity contribution in [3.8, 4) is 0 Å². The Bertz CT molecular complexity index is 829. The number of nitrogens with zero attached hydrogens (tertiary/aromatic N) is 1. The molecule has 0 spiro atoms. The van der Waals surface area contributed by atoms with Crippen LogP contribution in [0.2, 0.25) is 0 Å². The SMILES string of the molecule is CC(=O)Nc1cc(C(=O)Nc2cccc(CN3CCOCC3)c2)ccc1C. The Morgan fingerprint density at radius 1 is 1.07 bits per heavy atom. The Morgan fingerprint density at radius 3 is 2.59 bits per heavy atom. The third-order valence-corrected chi connectivity index (χ3v) is 4.51. The molecule has 6 heteroatoms. The second-order valence-corrected chi connectivity index (χ2v) is 6.75. The second kappa shape index (κ2) is 8.79. The van der Waals surface area contributed by atoms with Gasteiger partial charge in [-0.1, -0.05) is 18.2 Å². The van der Waals surface area contributed by atoms with Gasteiger partial charge in [-0.2, -0.15) is 0 Å². The van der Waals surface area contributed by atoms with Gasteiger partial charge in [-0.25, -0.2) is 0 Å². The van der Waals surface area contributed by atoms with Gasteiger partial charge in [-0.05, 0) is 42.3 Å². The zero-order chi connectivity index (χ0) is 19.2. The fourth-order valence-corrected chi connectivity index (χ4v) is 3.06. The van der Waals surface area contributed by atoms with Gasteiger partial charge < -0.3 is 15.4 Å². The maximum Gasteiger partial charge on any atom is 0.255 e. The summed E-state index contributed by atoms with van der Waals surface area (Å²) in [5.41, 5.74) is 3.97. The van der Waals surface area contributed by atoms with Crippen molar-refractivity contribution >= 4 is 23.2 Å². The van der Waals surface area contributed by atoms with Crippen molar-refractivity contribution in [2.75, 3.05) is 36.9 Å². The molecule has 0 radical (unpaired) electrons. The number of carbonyl (C=O) groups excluding carboxylic acids is 2. The number of morpholine rings is 1. The molecule has 3 rings (SSSR count). The summed E-state index contributed by atoms with van der Waals surface area (Å²) in [5.74, 6) is -0.364. The van der Waals surface area contributed by atoms with E-state index in [2.05, 4.69) is 21.6 Å². The van der Waals surface area contributed by atoms with E-state index in [4.69, 9.17) is 4.74 Å². The lowest BCUT2D eigenvalue weighted by molar-refractivity contribution is -0.114. The van der Waals surface area contributed by atoms with Crippen LogP contribution in [-0.4, -0.2) is 43.0 Å². The van der Waals surface area contributed by atoms with Crippen molar-refractivity contribution in [2.24, 2.45) is 0 Å². The van der Waals surface area contributed by atoms with E-state index in [0.717, 1.165) is 49.7 Å². The summed E-state index contributed by atoms with van der Waals surface area (Å²) in [6, 6.07) is 13.2. The highest BCUT2D eigenvalue weighted by atomic mass is 16.5. The lowest BCUT2D eigenvalue weighted by Gasteiger charge is -2.26. The van der Waals surface area contributed by atoms with Gasteiger partial charge >= 0.3 is 0 Å². The van der Waals surface area contributed by atoms with Crippen LogP contribution in [0.15, 0.2) is 42.5 Å². The van der Waals surface area contributed by atoms with Gasteiger partial charge in [-0.15, -0.1) is 0 Å². The molecule has 0 unspecified atom stereocenters. The second-order valence-electron chi connectivity index (χ2n) is 6.75. The Labute approximate surface area is 159 Å². The number of hydrogen-bond acceptors (Lipinski definition) is 4. The Hall–Kier alpha value is -2.70. The molecule has 2 aromatic rings. The van der Waals surface area contributed by atoms with E-state index in [0.29, 0.717) is 11.3 Å². The summed E-state index contributed by atoms with van der Waals surface area (Å²) >= 11 is 0. The minimum absolute atomic E-state index is 0.161. The molecular formula is C21H25N3O3. The first-order chi connectivity index (χ1) is 13.0. The molecule has 142 valence electrons. The molecule has 1 aliphatic rings. The first kappa shape index (κ1) is 19.1. The molecule has 1 aliphatic heterocycles. The average molecular weight is 367 g/mol. The van der Waals surface area contributed by atoms with Crippen molar-refractivity contribution in [1.82, 2.24) is 4.90 Å².